The lowest BCUT2D eigenvalue weighted by molar-refractivity contribution is -0.140. The van der Waals surface area contributed by atoms with Crippen molar-refractivity contribution in [2.45, 2.75) is 43.0 Å². The minimum absolute atomic E-state index is 0.0418. The van der Waals surface area contributed by atoms with Crippen molar-refractivity contribution in [2.75, 3.05) is 12.9 Å². The van der Waals surface area contributed by atoms with Crippen LogP contribution in [-0.2, 0) is 9.53 Å². The van der Waals surface area contributed by atoms with Crippen LogP contribution in [0.1, 0.15) is 25.7 Å². The van der Waals surface area contributed by atoms with E-state index in [0.717, 1.165) is 25.0 Å². The van der Waals surface area contributed by atoms with Crippen molar-refractivity contribution < 1.29 is 14.3 Å². The molecule has 2 saturated heterocycles. The average molecular weight is 258 g/mol. The smallest absolute Gasteiger partial charge is 0.315 e. The molecule has 0 saturated carbocycles. The Bertz CT molecular complexity index is 311. The molecule has 17 heavy (non-hydrogen) atoms. The quantitative estimate of drug-likeness (QED) is 0.436. The maximum atomic E-state index is 11.2. The highest BCUT2D eigenvalue weighted by Gasteiger charge is 2.42. The molecule has 2 heterocycles. The van der Waals surface area contributed by atoms with Crippen LogP contribution in [0.5, 0.6) is 0 Å². The minimum atomic E-state index is -0.141. The Morgan fingerprint density at radius 3 is 3.06 bits per heavy atom. The second-order valence-corrected chi connectivity index (χ2v) is 5.72. The Balaban J connectivity index is 1.66. The highest BCUT2D eigenvalue weighted by Crippen LogP contribution is 2.33. The van der Waals surface area contributed by atoms with Crippen LogP contribution >= 0.6 is 11.8 Å². The largest absolute Gasteiger partial charge is 0.469 e. The summed E-state index contributed by atoms with van der Waals surface area (Å²) in [6.07, 6.45) is 3.41. The molecule has 0 aromatic rings. The summed E-state index contributed by atoms with van der Waals surface area (Å²) >= 11 is 1.91. The summed E-state index contributed by atoms with van der Waals surface area (Å²) in [4.78, 5) is 22.1. The number of carbonyl (C=O) groups is 2. The van der Waals surface area contributed by atoms with Crippen molar-refractivity contribution in [3.05, 3.63) is 0 Å². The number of nitrogens with one attached hydrogen (secondary N) is 2. The van der Waals surface area contributed by atoms with Gasteiger partial charge in [0.05, 0.1) is 19.2 Å². The van der Waals surface area contributed by atoms with E-state index in [9.17, 15) is 9.59 Å². The molecule has 5 nitrogen and oxygen atoms in total. The summed E-state index contributed by atoms with van der Waals surface area (Å²) in [6.45, 7) is 0. The summed E-state index contributed by atoms with van der Waals surface area (Å²) in [6, 6.07) is 0.517. The van der Waals surface area contributed by atoms with Crippen molar-refractivity contribution in [3.8, 4) is 0 Å². The fourth-order valence-corrected chi connectivity index (χ4v) is 3.90. The third-order valence-electron chi connectivity index (χ3n) is 3.29. The van der Waals surface area contributed by atoms with Gasteiger partial charge in [0, 0.05) is 17.4 Å². The van der Waals surface area contributed by atoms with Gasteiger partial charge in [-0.3, -0.25) is 4.79 Å². The van der Waals surface area contributed by atoms with E-state index in [1.165, 1.54) is 7.11 Å². The number of fused-ring (bicyclic) bond motifs is 1. The molecule has 6 heteroatoms. The SMILES string of the molecule is COC(=O)CCCC[C@H]1SCC2NC(=O)NC21. The topological polar surface area (TPSA) is 67.4 Å². The summed E-state index contributed by atoms with van der Waals surface area (Å²) in [5.41, 5.74) is 0. The number of ether oxygens (including phenoxy) is 1. The molecule has 0 aromatic carbocycles. The maximum Gasteiger partial charge on any atom is 0.315 e. The normalized spacial score (nSPS) is 30.6. The first-order valence-corrected chi connectivity index (χ1v) is 7.01. The molecular formula is C11H18N2O3S. The molecule has 2 fully saturated rings. The zero-order valence-corrected chi connectivity index (χ0v) is 10.7. The molecular weight excluding hydrogens is 240 g/mol. The van der Waals surface area contributed by atoms with Crippen LogP contribution in [0.4, 0.5) is 4.79 Å². The Morgan fingerprint density at radius 2 is 2.29 bits per heavy atom. The lowest BCUT2D eigenvalue weighted by Gasteiger charge is -2.16. The van der Waals surface area contributed by atoms with E-state index in [1.54, 1.807) is 0 Å². The number of unbranched alkanes of at least 4 members (excludes halogenated alkanes) is 1. The summed E-state index contributed by atoms with van der Waals surface area (Å²) in [5.74, 6) is 0.850. The van der Waals surface area contributed by atoms with Crippen molar-refractivity contribution in [1.82, 2.24) is 10.6 Å². The molecule has 0 bridgehead atoms. The van der Waals surface area contributed by atoms with Crippen LogP contribution in [0.3, 0.4) is 0 Å². The molecule has 2 amide bonds. The van der Waals surface area contributed by atoms with Gasteiger partial charge in [-0.1, -0.05) is 6.42 Å². The number of hydrogen-bond acceptors (Lipinski definition) is 4. The summed E-state index contributed by atoms with van der Waals surface area (Å²) < 4.78 is 4.59. The van der Waals surface area contributed by atoms with Crippen LogP contribution in [-0.4, -0.2) is 42.2 Å². The van der Waals surface area contributed by atoms with E-state index in [2.05, 4.69) is 15.4 Å². The van der Waals surface area contributed by atoms with Gasteiger partial charge in [-0.05, 0) is 12.8 Å². The summed E-state index contributed by atoms with van der Waals surface area (Å²) in [7, 11) is 1.42. The van der Waals surface area contributed by atoms with Gasteiger partial charge in [0.1, 0.15) is 0 Å². The first-order valence-electron chi connectivity index (χ1n) is 5.96. The van der Waals surface area contributed by atoms with Gasteiger partial charge < -0.3 is 15.4 Å². The van der Waals surface area contributed by atoms with Crippen LogP contribution in [0.2, 0.25) is 0 Å². The first-order chi connectivity index (χ1) is 8.20. The number of thioether (sulfide) groups is 1. The average Bonchev–Trinajstić information content (AvgIpc) is 2.84. The van der Waals surface area contributed by atoms with Gasteiger partial charge in [0.25, 0.3) is 0 Å². The predicted octanol–water partition coefficient (Wildman–Crippen LogP) is 0.885. The van der Waals surface area contributed by atoms with Gasteiger partial charge in [0.2, 0.25) is 0 Å². The molecule has 2 aliphatic heterocycles. The lowest BCUT2D eigenvalue weighted by Crippen LogP contribution is -2.36. The third kappa shape index (κ3) is 3.06. The number of rotatable bonds is 5. The number of amides is 2. The standard InChI is InChI=1S/C11H18N2O3S/c1-16-9(14)5-3-2-4-8-10-7(6-17-8)12-11(15)13-10/h7-8,10H,2-6H2,1H3,(H2,12,13,15)/t7?,8-,10?/m1/s1. The minimum Gasteiger partial charge on any atom is -0.469 e. The fourth-order valence-electron chi connectivity index (χ4n) is 2.36. The predicted molar refractivity (Wildman–Crippen MR) is 66.0 cm³/mol. The van der Waals surface area contributed by atoms with Gasteiger partial charge in [-0.25, -0.2) is 4.79 Å². The van der Waals surface area contributed by atoms with Crippen LogP contribution in [0.25, 0.3) is 0 Å². The van der Waals surface area contributed by atoms with E-state index in [1.807, 2.05) is 11.8 Å². The van der Waals surface area contributed by atoms with Crippen molar-refractivity contribution in [3.63, 3.8) is 0 Å². The number of urea groups is 1. The Morgan fingerprint density at radius 1 is 1.47 bits per heavy atom. The van der Waals surface area contributed by atoms with Gasteiger partial charge in [-0.15, -0.1) is 0 Å². The number of methoxy groups -OCH3 is 1. The Hall–Kier alpha value is -0.910. The monoisotopic (exact) mass is 258 g/mol. The van der Waals surface area contributed by atoms with Crippen molar-refractivity contribution in [2.24, 2.45) is 0 Å². The summed E-state index contributed by atoms with van der Waals surface area (Å²) in [5, 5.41) is 6.37. The second-order valence-electron chi connectivity index (χ2n) is 4.44. The zero-order valence-electron chi connectivity index (χ0n) is 9.90. The molecule has 2 N–H and O–H groups in total. The van der Waals surface area contributed by atoms with E-state index in [0.29, 0.717) is 11.7 Å². The molecule has 2 rings (SSSR count). The van der Waals surface area contributed by atoms with Crippen LogP contribution in [0.15, 0.2) is 0 Å². The third-order valence-corrected chi connectivity index (χ3v) is 4.79. The van der Waals surface area contributed by atoms with Crippen molar-refractivity contribution in [1.29, 1.82) is 0 Å². The number of esters is 1. The Labute approximate surface area is 105 Å². The number of hydrogen-bond donors (Lipinski definition) is 2. The van der Waals surface area contributed by atoms with E-state index in [-0.39, 0.29) is 24.1 Å². The molecule has 0 radical (unpaired) electrons. The zero-order chi connectivity index (χ0) is 12.3. The van der Waals surface area contributed by atoms with Crippen LogP contribution in [0, 0.1) is 0 Å². The highest BCUT2D eigenvalue weighted by molar-refractivity contribution is 8.00. The Kier molecular flexibility index (Phi) is 4.15. The molecule has 2 aliphatic rings. The molecule has 2 unspecified atom stereocenters. The molecule has 96 valence electrons. The second kappa shape index (κ2) is 5.62. The highest BCUT2D eigenvalue weighted by atomic mass is 32.2. The van der Waals surface area contributed by atoms with E-state index >= 15 is 0 Å². The fraction of sp³-hybridized carbons (Fsp3) is 0.818. The van der Waals surface area contributed by atoms with E-state index < -0.39 is 0 Å². The van der Waals surface area contributed by atoms with Crippen LogP contribution < -0.4 is 10.6 Å². The molecule has 0 aromatic heterocycles. The molecule has 3 atom stereocenters. The maximum absolute atomic E-state index is 11.2. The van der Waals surface area contributed by atoms with Gasteiger partial charge in [0.15, 0.2) is 0 Å². The number of carbonyl (C=O) groups excluding carboxylic acids is 2. The van der Waals surface area contributed by atoms with E-state index in [4.69, 9.17) is 0 Å². The van der Waals surface area contributed by atoms with Gasteiger partial charge in [-0.2, -0.15) is 11.8 Å². The molecule has 0 aliphatic carbocycles. The lowest BCUT2D eigenvalue weighted by atomic mass is 10.0. The van der Waals surface area contributed by atoms with Gasteiger partial charge >= 0.3 is 12.0 Å². The molecule has 0 spiro atoms. The van der Waals surface area contributed by atoms with Crippen molar-refractivity contribution >= 4 is 23.8 Å². The first kappa shape index (κ1) is 12.5.